The SMILES string of the molecule is CC(C)(C)c1cc(/C=N\NC=C2C(=O)C(=CN/N=C/c3cc(C(C)(C)C)cc(C(C)(C)C)c3O)C(=O)C(=CN/N=C/c3cc(C(C)(C)C)cc(C(C)(C)C)c3O)C2=O)c(O)c(C(C)(C)C)c1. The summed E-state index contributed by atoms with van der Waals surface area (Å²) >= 11 is 0. The zero-order chi connectivity index (χ0) is 50.1. The minimum atomic E-state index is -0.894. The van der Waals surface area contributed by atoms with Gasteiger partial charge in [-0.15, -0.1) is 0 Å². The maximum atomic E-state index is 14.0. The average Bonchev–Trinajstić information content (AvgIpc) is 3.15. The minimum absolute atomic E-state index is 0.0546. The van der Waals surface area contributed by atoms with Crippen molar-refractivity contribution >= 4 is 36.0 Å². The fraction of sp³-hybridized carbons (Fsp3) is 0.444. The van der Waals surface area contributed by atoms with Crippen LogP contribution in [0.4, 0.5) is 0 Å². The molecule has 0 atom stereocenters. The van der Waals surface area contributed by atoms with Crippen LogP contribution in [0.15, 0.2) is 87.0 Å². The summed E-state index contributed by atoms with van der Waals surface area (Å²) in [4.78, 5) is 41.9. The lowest BCUT2D eigenvalue weighted by Crippen LogP contribution is -2.34. The van der Waals surface area contributed by atoms with Gasteiger partial charge in [0.15, 0.2) is 0 Å². The van der Waals surface area contributed by atoms with Crippen molar-refractivity contribution in [2.75, 3.05) is 0 Å². The predicted molar refractivity (Wildman–Crippen MR) is 268 cm³/mol. The molecule has 1 saturated carbocycles. The Morgan fingerprint density at radius 3 is 0.758 bits per heavy atom. The molecule has 12 nitrogen and oxygen atoms in total. The summed E-state index contributed by atoms with van der Waals surface area (Å²) in [5.41, 5.74) is 11.4. The van der Waals surface area contributed by atoms with Crippen LogP contribution in [0.2, 0.25) is 0 Å². The zero-order valence-electron chi connectivity index (χ0n) is 42.3. The van der Waals surface area contributed by atoms with Gasteiger partial charge >= 0.3 is 0 Å². The van der Waals surface area contributed by atoms with Crippen LogP contribution in [-0.2, 0) is 46.9 Å². The van der Waals surface area contributed by atoms with Gasteiger partial charge in [0.2, 0.25) is 17.3 Å². The minimum Gasteiger partial charge on any atom is -0.507 e. The molecule has 1 aliphatic carbocycles. The number of rotatable bonds is 9. The fourth-order valence-corrected chi connectivity index (χ4v) is 7.04. The van der Waals surface area contributed by atoms with E-state index in [1.165, 1.54) is 18.6 Å². The van der Waals surface area contributed by atoms with Crippen molar-refractivity contribution in [3.8, 4) is 17.2 Å². The summed E-state index contributed by atoms with van der Waals surface area (Å²) in [5.74, 6) is -2.52. The molecule has 4 rings (SSSR count). The van der Waals surface area contributed by atoms with E-state index in [0.29, 0.717) is 16.7 Å². The summed E-state index contributed by atoms with van der Waals surface area (Å²) in [7, 11) is 0. The second-order valence-corrected chi connectivity index (χ2v) is 23.2. The molecule has 0 heterocycles. The van der Waals surface area contributed by atoms with Gasteiger partial charge in [-0.1, -0.05) is 143 Å². The van der Waals surface area contributed by atoms with Crippen molar-refractivity contribution in [2.24, 2.45) is 15.3 Å². The van der Waals surface area contributed by atoms with Gasteiger partial charge in [-0.25, -0.2) is 0 Å². The molecule has 354 valence electrons. The van der Waals surface area contributed by atoms with E-state index < -0.39 is 34.1 Å². The monoisotopic (exact) mass is 901 g/mol. The third kappa shape index (κ3) is 12.3. The number of benzene rings is 3. The second kappa shape index (κ2) is 18.9. The molecule has 0 amide bonds. The highest BCUT2D eigenvalue weighted by Crippen LogP contribution is 2.40. The molecule has 3 aromatic carbocycles. The summed E-state index contributed by atoms with van der Waals surface area (Å²) in [6.07, 6.45) is 7.53. The predicted octanol–water partition coefficient (Wildman–Crippen LogP) is 10.1. The molecule has 0 radical (unpaired) electrons. The number of carbonyl (C=O) groups excluding carboxylic acids is 3. The number of ketones is 3. The maximum Gasteiger partial charge on any atom is 0.204 e. The van der Waals surface area contributed by atoms with Gasteiger partial charge < -0.3 is 15.3 Å². The first kappa shape index (κ1) is 52.3. The molecule has 6 N–H and O–H groups in total. The smallest absolute Gasteiger partial charge is 0.204 e. The number of nitrogens with zero attached hydrogens (tertiary/aromatic N) is 3. The van der Waals surface area contributed by atoms with Gasteiger partial charge in [-0.05, 0) is 67.4 Å². The quantitative estimate of drug-likeness (QED) is 0.0526. The molecule has 0 unspecified atom stereocenters. The van der Waals surface area contributed by atoms with Gasteiger partial charge in [-0.3, -0.25) is 30.7 Å². The van der Waals surface area contributed by atoms with Crippen LogP contribution < -0.4 is 16.3 Å². The van der Waals surface area contributed by atoms with E-state index in [0.717, 1.165) is 52.0 Å². The van der Waals surface area contributed by atoms with E-state index in [2.05, 4.69) is 93.9 Å². The topological polar surface area (TPSA) is 185 Å². The fourth-order valence-electron chi connectivity index (χ4n) is 7.04. The van der Waals surface area contributed by atoms with E-state index in [1.807, 2.05) is 98.7 Å². The van der Waals surface area contributed by atoms with E-state index >= 15 is 0 Å². The number of aromatic hydroxyl groups is 3. The number of carbonyl (C=O) groups is 3. The van der Waals surface area contributed by atoms with Gasteiger partial charge in [0.05, 0.1) is 35.4 Å². The number of allylic oxidation sites excluding steroid dienone is 3. The molecular weight excluding hydrogens is 829 g/mol. The number of phenolic OH excluding ortho intramolecular Hbond substituents is 3. The number of hydrogen-bond acceptors (Lipinski definition) is 12. The average molecular weight is 901 g/mol. The number of Topliss-reactive ketones (excluding diaryl/α,β-unsaturated/α-hetero) is 3. The lowest BCUT2D eigenvalue weighted by atomic mass is 9.79. The third-order valence-electron chi connectivity index (χ3n) is 11.4. The Morgan fingerprint density at radius 1 is 0.364 bits per heavy atom. The normalized spacial score (nSPS) is 16.2. The van der Waals surface area contributed by atoms with Crippen molar-refractivity contribution in [2.45, 2.75) is 157 Å². The van der Waals surface area contributed by atoms with Crippen LogP contribution in [0.5, 0.6) is 17.2 Å². The largest absolute Gasteiger partial charge is 0.507 e. The van der Waals surface area contributed by atoms with Gasteiger partial charge in [0, 0.05) is 52.0 Å². The first-order valence-electron chi connectivity index (χ1n) is 22.3. The van der Waals surface area contributed by atoms with Crippen molar-refractivity contribution in [1.29, 1.82) is 0 Å². The van der Waals surface area contributed by atoms with Crippen LogP contribution in [0.3, 0.4) is 0 Å². The number of hydrazone groups is 3. The highest BCUT2D eigenvalue weighted by Gasteiger charge is 2.39. The Morgan fingerprint density at radius 2 is 0.576 bits per heavy atom. The lowest BCUT2D eigenvalue weighted by Gasteiger charge is -2.26. The molecular formula is C54H72N6O6. The summed E-state index contributed by atoms with van der Waals surface area (Å²) < 4.78 is 0. The summed E-state index contributed by atoms with van der Waals surface area (Å²) in [5, 5.41) is 46.5. The van der Waals surface area contributed by atoms with Crippen LogP contribution in [0.1, 0.15) is 175 Å². The molecule has 0 spiro atoms. The molecule has 0 bridgehead atoms. The van der Waals surface area contributed by atoms with E-state index in [9.17, 15) is 29.7 Å². The Hall–Kier alpha value is -6.30. The highest BCUT2D eigenvalue weighted by molar-refractivity contribution is 6.51. The first-order valence-corrected chi connectivity index (χ1v) is 22.3. The van der Waals surface area contributed by atoms with Crippen LogP contribution in [0, 0.1) is 0 Å². The van der Waals surface area contributed by atoms with Crippen molar-refractivity contribution < 1.29 is 29.7 Å². The standard InChI is InChI=1S/C54H72N6O6/c1-49(2,3)34-19-31(43(61)40(22-34)52(10,11)12)25-55-58-28-37-46(64)38(29-59-56-26-32-20-35(50(4,5)6)23-41(44(32)62)53(13,14)15)48(66)39(47(37)65)30-60-57-27-33-21-36(51(7,8)9)24-42(45(33)63)54(16,17)18/h19-30,58-63H,1-18H3/b37-28?,38-29?,39-30?,55-25-,56-26+,57-27+. The number of nitrogens with one attached hydrogen (secondary N) is 3. The third-order valence-corrected chi connectivity index (χ3v) is 11.4. The molecule has 66 heavy (non-hydrogen) atoms. The van der Waals surface area contributed by atoms with Crippen LogP contribution in [0.25, 0.3) is 0 Å². The Labute approximate surface area is 392 Å². The van der Waals surface area contributed by atoms with Crippen LogP contribution in [-0.4, -0.2) is 51.3 Å². The van der Waals surface area contributed by atoms with Gasteiger partial charge in [-0.2, -0.15) is 15.3 Å². The second-order valence-electron chi connectivity index (χ2n) is 23.2. The summed E-state index contributed by atoms with van der Waals surface area (Å²) in [6, 6.07) is 11.5. The highest BCUT2D eigenvalue weighted by atomic mass is 16.3. The van der Waals surface area contributed by atoms with Gasteiger partial charge in [0.1, 0.15) is 17.2 Å². The molecule has 12 heteroatoms. The van der Waals surface area contributed by atoms with Gasteiger partial charge in [0.25, 0.3) is 0 Å². The Balaban J connectivity index is 1.78. The molecule has 1 aliphatic rings. The molecule has 0 saturated heterocycles. The molecule has 3 aromatic rings. The van der Waals surface area contributed by atoms with Crippen molar-refractivity contribution in [1.82, 2.24) is 16.3 Å². The first-order chi connectivity index (χ1) is 30.0. The van der Waals surface area contributed by atoms with E-state index in [-0.39, 0.29) is 49.7 Å². The number of hydrogen-bond donors (Lipinski definition) is 6. The lowest BCUT2D eigenvalue weighted by molar-refractivity contribution is -0.124. The van der Waals surface area contributed by atoms with Crippen molar-refractivity contribution in [3.05, 3.63) is 122 Å². The Bertz CT molecular complexity index is 2270. The van der Waals surface area contributed by atoms with E-state index in [4.69, 9.17) is 0 Å². The molecule has 1 fully saturated rings. The number of phenols is 3. The summed E-state index contributed by atoms with van der Waals surface area (Å²) in [6.45, 7) is 36.7. The Kier molecular flexibility index (Phi) is 15.0. The molecule has 0 aliphatic heterocycles. The van der Waals surface area contributed by atoms with Crippen molar-refractivity contribution in [3.63, 3.8) is 0 Å². The van der Waals surface area contributed by atoms with Crippen LogP contribution >= 0.6 is 0 Å². The maximum absolute atomic E-state index is 14.0. The molecule has 0 aromatic heterocycles. The van der Waals surface area contributed by atoms with E-state index in [1.54, 1.807) is 0 Å². The zero-order valence-corrected chi connectivity index (χ0v) is 42.3.